The summed E-state index contributed by atoms with van der Waals surface area (Å²) < 4.78 is 18.6. The Hall–Kier alpha value is -10.2. The Bertz CT molecular complexity index is 4910. The Morgan fingerprint density at radius 2 is 0.658 bits per heavy atom. The summed E-state index contributed by atoms with van der Waals surface area (Å²) >= 11 is 0. The van der Waals surface area contributed by atoms with Gasteiger partial charge in [-0.3, -0.25) is 0 Å². The lowest BCUT2D eigenvalue weighted by Crippen LogP contribution is -1.93. The summed E-state index contributed by atoms with van der Waals surface area (Å²) in [5, 5.41) is 9.04. The summed E-state index contributed by atoms with van der Waals surface area (Å²) in [6.07, 6.45) is 0. The van der Waals surface area contributed by atoms with Gasteiger partial charge in [0.2, 0.25) is 0 Å². The molecule has 0 radical (unpaired) electrons. The van der Waals surface area contributed by atoms with Crippen LogP contribution in [0.1, 0.15) is 0 Å². The first-order valence-corrected chi connectivity index (χ1v) is 26.0. The molecule has 0 unspecified atom stereocenters. The van der Waals surface area contributed by atoms with Crippen molar-refractivity contribution in [3.05, 3.63) is 267 Å². The smallest absolute Gasteiger partial charge is 0.136 e. The van der Waals surface area contributed by atoms with Gasteiger partial charge in [-0.1, -0.05) is 170 Å². The number of rotatable bonds is 7. The molecule has 0 saturated heterocycles. The Labute approximate surface area is 437 Å². The van der Waals surface area contributed by atoms with Crippen LogP contribution in [0.15, 0.2) is 276 Å². The highest BCUT2D eigenvalue weighted by Gasteiger charge is 2.23. The van der Waals surface area contributed by atoms with Crippen LogP contribution in [-0.4, -0.2) is 9.13 Å². The topological polar surface area (TPSA) is 36.1 Å². The van der Waals surface area contributed by atoms with E-state index in [2.05, 4.69) is 276 Å². The fourth-order valence-electron chi connectivity index (χ4n) is 12.3. The maximum absolute atomic E-state index is 6.92. The highest BCUT2D eigenvalue weighted by molar-refractivity contribution is 6.22. The number of benzene rings is 12. The molecule has 4 heterocycles. The van der Waals surface area contributed by atoms with E-state index in [1.54, 1.807) is 0 Å². The van der Waals surface area contributed by atoms with E-state index >= 15 is 0 Å². The van der Waals surface area contributed by atoms with Crippen LogP contribution in [0.4, 0.5) is 0 Å². The molecule has 0 bridgehead atoms. The standard InChI is InChI=1S/C72H44N2O2/c1-5-19-45(20-6-1)48-37-49(46-21-7-2-8-22-46)39-50(38-48)58-40-47(53-29-17-33-67-71(53)61-41-65-59(43-69(61)75-67)55-27-13-15-31-63(55)73(65)51-23-9-3-10-24-51)35-36-54(58)57-30-18-34-68-72(57)62-42-66-60(44-70(62)76-68)56-28-14-16-32-64(56)74(66)52-25-11-4-12-26-52/h1-44H. The first-order chi connectivity index (χ1) is 37.7. The summed E-state index contributed by atoms with van der Waals surface area (Å²) in [4.78, 5) is 0. The van der Waals surface area contributed by atoms with Crippen molar-refractivity contribution < 1.29 is 8.83 Å². The molecule has 0 saturated carbocycles. The molecule has 0 aliphatic carbocycles. The molecular formula is C72H44N2O2. The molecule has 76 heavy (non-hydrogen) atoms. The van der Waals surface area contributed by atoms with Gasteiger partial charge >= 0.3 is 0 Å². The summed E-state index contributed by atoms with van der Waals surface area (Å²) in [5.74, 6) is 0. The monoisotopic (exact) mass is 968 g/mol. The van der Waals surface area contributed by atoms with Gasteiger partial charge in [-0.25, -0.2) is 0 Å². The SMILES string of the molecule is c1ccc(-c2cc(-c3ccccc3)cc(-c3cc(-c4cccc5oc6cc7c8ccccc8n(-c8ccccc8)c7cc6c45)ccc3-c3cccc4oc5cc6c7ccccc7n(-c7ccccc7)c6cc5c34)c2)cc1. The largest absolute Gasteiger partial charge is 0.456 e. The van der Waals surface area contributed by atoms with Crippen LogP contribution in [0.5, 0.6) is 0 Å². The van der Waals surface area contributed by atoms with Gasteiger partial charge in [0.05, 0.1) is 22.1 Å². The fourth-order valence-corrected chi connectivity index (χ4v) is 12.3. The zero-order valence-corrected chi connectivity index (χ0v) is 41.1. The number of para-hydroxylation sites is 4. The molecule has 4 heteroatoms. The minimum atomic E-state index is 0.850. The maximum Gasteiger partial charge on any atom is 0.136 e. The zero-order valence-electron chi connectivity index (χ0n) is 41.1. The molecule has 0 fully saturated rings. The molecule has 354 valence electrons. The van der Waals surface area contributed by atoms with Crippen LogP contribution in [0, 0.1) is 0 Å². The summed E-state index contributed by atoms with van der Waals surface area (Å²) in [5.41, 5.74) is 21.6. The van der Waals surface area contributed by atoms with Crippen LogP contribution in [0.2, 0.25) is 0 Å². The third-order valence-corrected chi connectivity index (χ3v) is 15.7. The molecule has 0 amide bonds. The summed E-state index contributed by atoms with van der Waals surface area (Å²) in [6, 6.07) is 96.5. The Kier molecular flexibility index (Phi) is 9.30. The second-order valence-electron chi connectivity index (χ2n) is 20.0. The van der Waals surface area contributed by atoms with Crippen LogP contribution in [0.25, 0.3) is 154 Å². The average Bonchev–Trinajstić information content (AvgIpc) is 4.26. The number of furan rings is 2. The Balaban J connectivity index is 0.973. The molecule has 0 spiro atoms. The van der Waals surface area contributed by atoms with E-state index in [1.807, 2.05) is 0 Å². The third-order valence-electron chi connectivity index (χ3n) is 15.7. The lowest BCUT2D eigenvalue weighted by molar-refractivity contribution is 0.669. The predicted molar refractivity (Wildman–Crippen MR) is 317 cm³/mol. The first-order valence-electron chi connectivity index (χ1n) is 26.0. The number of aromatic nitrogens is 2. The van der Waals surface area contributed by atoms with E-state index in [1.165, 1.54) is 10.8 Å². The quantitative estimate of drug-likeness (QED) is 0.160. The van der Waals surface area contributed by atoms with E-state index in [0.717, 1.165) is 144 Å². The van der Waals surface area contributed by atoms with Crippen LogP contribution < -0.4 is 0 Å². The van der Waals surface area contributed by atoms with E-state index in [9.17, 15) is 0 Å². The minimum absolute atomic E-state index is 0.850. The number of fused-ring (bicyclic) bond motifs is 12. The molecule has 16 aromatic rings. The van der Waals surface area contributed by atoms with Gasteiger partial charge in [-0.15, -0.1) is 0 Å². The number of nitrogens with zero attached hydrogens (tertiary/aromatic N) is 2. The van der Waals surface area contributed by atoms with Gasteiger partial charge < -0.3 is 18.0 Å². The summed E-state index contributed by atoms with van der Waals surface area (Å²) in [7, 11) is 0. The number of hydrogen-bond donors (Lipinski definition) is 0. The van der Waals surface area contributed by atoms with Gasteiger partial charge in [0.15, 0.2) is 0 Å². The van der Waals surface area contributed by atoms with Crippen molar-refractivity contribution in [1.82, 2.24) is 9.13 Å². The van der Waals surface area contributed by atoms with E-state index in [-0.39, 0.29) is 0 Å². The second-order valence-corrected chi connectivity index (χ2v) is 20.0. The molecule has 4 nitrogen and oxygen atoms in total. The molecule has 0 atom stereocenters. The van der Waals surface area contributed by atoms with Crippen molar-refractivity contribution in [3.8, 4) is 67.0 Å². The lowest BCUT2D eigenvalue weighted by Gasteiger charge is -2.17. The van der Waals surface area contributed by atoms with Gasteiger partial charge in [-0.05, 0) is 153 Å². The van der Waals surface area contributed by atoms with Gasteiger partial charge in [-0.2, -0.15) is 0 Å². The van der Waals surface area contributed by atoms with E-state index < -0.39 is 0 Å². The summed E-state index contributed by atoms with van der Waals surface area (Å²) in [6.45, 7) is 0. The first kappa shape index (κ1) is 42.4. The second kappa shape index (κ2) is 16.7. The van der Waals surface area contributed by atoms with Gasteiger partial charge in [0, 0.05) is 54.5 Å². The minimum Gasteiger partial charge on any atom is -0.456 e. The molecule has 12 aromatic carbocycles. The lowest BCUT2D eigenvalue weighted by atomic mass is 9.86. The van der Waals surface area contributed by atoms with Crippen molar-refractivity contribution in [2.45, 2.75) is 0 Å². The average molecular weight is 969 g/mol. The third kappa shape index (κ3) is 6.51. The zero-order chi connectivity index (χ0) is 49.8. The van der Waals surface area contributed by atoms with Crippen molar-refractivity contribution in [3.63, 3.8) is 0 Å². The molecular weight excluding hydrogens is 925 g/mol. The highest BCUT2D eigenvalue weighted by atomic mass is 16.3. The van der Waals surface area contributed by atoms with Crippen LogP contribution >= 0.6 is 0 Å². The normalized spacial score (nSPS) is 11.9. The molecule has 16 rings (SSSR count). The molecule has 0 aliphatic heterocycles. The fraction of sp³-hybridized carbons (Fsp3) is 0. The van der Waals surface area contributed by atoms with Crippen molar-refractivity contribution in [1.29, 1.82) is 0 Å². The maximum atomic E-state index is 6.92. The molecule has 0 N–H and O–H groups in total. The van der Waals surface area contributed by atoms with Gasteiger partial charge in [0.25, 0.3) is 0 Å². The van der Waals surface area contributed by atoms with Crippen molar-refractivity contribution >= 4 is 87.5 Å². The molecule has 4 aromatic heterocycles. The Morgan fingerprint density at radius 1 is 0.211 bits per heavy atom. The van der Waals surface area contributed by atoms with Gasteiger partial charge in [0.1, 0.15) is 22.3 Å². The van der Waals surface area contributed by atoms with Crippen LogP contribution in [0.3, 0.4) is 0 Å². The van der Waals surface area contributed by atoms with Crippen LogP contribution in [-0.2, 0) is 0 Å². The highest BCUT2D eigenvalue weighted by Crippen LogP contribution is 2.48. The Morgan fingerprint density at radius 3 is 1.18 bits per heavy atom. The number of hydrogen-bond acceptors (Lipinski definition) is 2. The van der Waals surface area contributed by atoms with Crippen molar-refractivity contribution in [2.75, 3.05) is 0 Å². The van der Waals surface area contributed by atoms with Crippen molar-refractivity contribution in [2.24, 2.45) is 0 Å². The molecule has 0 aliphatic rings. The van der Waals surface area contributed by atoms with E-state index in [0.29, 0.717) is 0 Å². The predicted octanol–water partition coefficient (Wildman–Crippen LogP) is 20.0. The van der Waals surface area contributed by atoms with E-state index in [4.69, 9.17) is 8.83 Å².